The number of methoxy groups -OCH3 is 2. The largest absolute Gasteiger partial charge is 0.497 e. The van der Waals surface area contributed by atoms with Crippen molar-refractivity contribution in [1.82, 2.24) is 0 Å². The number of halogens is 2. The first-order valence-corrected chi connectivity index (χ1v) is 10.2. The Morgan fingerprint density at radius 1 is 1.00 bits per heavy atom. The van der Waals surface area contributed by atoms with Crippen LogP contribution in [0.1, 0.15) is 11.1 Å². The lowest BCUT2D eigenvalue weighted by Crippen LogP contribution is -2.33. The summed E-state index contributed by atoms with van der Waals surface area (Å²) in [6.45, 7) is 0. The van der Waals surface area contributed by atoms with E-state index in [-0.39, 0.29) is 23.0 Å². The second-order valence-electron chi connectivity index (χ2n) is 6.67. The van der Waals surface area contributed by atoms with Gasteiger partial charge < -0.3 is 9.47 Å². The number of anilines is 1. The first-order valence-electron chi connectivity index (χ1n) is 9.39. The molecule has 0 atom stereocenters. The van der Waals surface area contributed by atoms with Crippen molar-refractivity contribution in [2.45, 2.75) is 0 Å². The van der Waals surface area contributed by atoms with E-state index in [4.69, 9.17) is 9.47 Å². The number of ether oxygens (including phenoxy) is 2. The molecule has 0 saturated carbocycles. The highest BCUT2D eigenvalue weighted by Crippen LogP contribution is 2.32. The Hall–Kier alpha value is -3.45. The molecule has 0 radical (unpaired) electrons. The number of nitrogens with zero attached hydrogens (tertiary/aromatic N) is 2. The van der Waals surface area contributed by atoms with Gasteiger partial charge in [0.25, 0.3) is 5.91 Å². The van der Waals surface area contributed by atoms with Gasteiger partial charge in [0.05, 0.1) is 25.5 Å². The Morgan fingerprint density at radius 3 is 2.52 bits per heavy atom. The van der Waals surface area contributed by atoms with Crippen LogP contribution in [0.2, 0.25) is 0 Å². The molecular weight excluding hydrogens is 463 g/mol. The second-order valence-corrected chi connectivity index (χ2v) is 7.59. The molecule has 4 rings (SSSR count). The molecular formula is C24H18BrFN2O3. The highest BCUT2D eigenvalue weighted by molar-refractivity contribution is 9.10. The van der Waals surface area contributed by atoms with Gasteiger partial charge in [0.2, 0.25) is 0 Å². The molecule has 0 bridgehead atoms. The van der Waals surface area contributed by atoms with Crippen molar-refractivity contribution < 1.29 is 18.7 Å². The van der Waals surface area contributed by atoms with Crippen LogP contribution in [-0.2, 0) is 4.79 Å². The van der Waals surface area contributed by atoms with E-state index in [0.29, 0.717) is 22.7 Å². The minimum Gasteiger partial charge on any atom is -0.497 e. The summed E-state index contributed by atoms with van der Waals surface area (Å²) in [7, 11) is 3.10. The molecule has 5 nitrogen and oxygen atoms in total. The number of amidine groups is 1. The lowest BCUT2D eigenvalue weighted by atomic mass is 10.1. The van der Waals surface area contributed by atoms with Crippen molar-refractivity contribution in [2.24, 2.45) is 4.99 Å². The number of carbonyl (C=O) groups is 1. The van der Waals surface area contributed by atoms with Crippen molar-refractivity contribution in [1.29, 1.82) is 0 Å². The lowest BCUT2D eigenvalue weighted by Gasteiger charge is -2.19. The summed E-state index contributed by atoms with van der Waals surface area (Å²) in [6.07, 6.45) is 1.62. The van der Waals surface area contributed by atoms with Crippen molar-refractivity contribution in [3.63, 3.8) is 0 Å². The zero-order chi connectivity index (χ0) is 22.0. The first kappa shape index (κ1) is 20.8. The van der Waals surface area contributed by atoms with Crippen LogP contribution in [0.4, 0.5) is 10.1 Å². The summed E-state index contributed by atoms with van der Waals surface area (Å²) in [4.78, 5) is 19.3. The highest BCUT2D eigenvalue weighted by Gasteiger charge is 2.34. The third-order valence-corrected chi connectivity index (χ3v) is 5.27. The van der Waals surface area contributed by atoms with Crippen LogP contribution in [0.5, 0.6) is 11.5 Å². The van der Waals surface area contributed by atoms with E-state index in [2.05, 4.69) is 20.9 Å². The molecule has 3 aromatic rings. The maximum absolute atomic E-state index is 14.6. The molecule has 0 fully saturated rings. The third kappa shape index (κ3) is 4.09. The van der Waals surface area contributed by atoms with Crippen LogP contribution in [-0.4, -0.2) is 26.0 Å². The fraction of sp³-hybridized carbons (Fsp3) is 0.0833. The average molecular weight is 481 g/mol. The van der Waals surface area contributed by atoms with Gasteiger partial charge >= 0.3 is 0 Å². The Morgan fingerprint density at radius 2 is 1.81 bits per heavy atom. The van der Waals surface area contributed by atoms with E-state index in [9.17, 15) is 9.18 Å². The smallest absolute Gasteiger partial charge is 0.282 e. The standard InChI is InChI=1S/C24H18BrFN2O3/c1-30-18-11-10-15(22(14-18)31-2)12-21-24(29)28(17-7-5-6-16(25)13-17)23(27-21)19-8-3-4-9-20(19)26/h3-14H,1-2H3/b21-12+. The van der Waals surface area contributed by atoms with Crippen LogP contribution >= 0.6 is 15.9 Å². The number of carbonyl (C=O) groups excluding carboxylic acids is 1. The van der Waals surface area contributed by atoms with E-state index < -0.39 is 5.82 Å². The Bertz CT molecular complexity index is 1220. The normalized spacial score (nSPS) is 14.7. The topological polar surface area (TPSA) is 51.1 Å². The molecule has 1 aliphatic rings. The number of hydrogen-bond donors (Lipinski definition) is 0. The number of rotatable bonds is 5. The van der Waals surface area contributed by atoms with Crippen molar-refractivity contribution >= 4 is 39.4 Å². The summed E-state index contributed by atoms with van der Waals surface area (Å²) in [5.41, 5.74) is 1.63. The summed E-state index contributed by atoms with van der Waals surface area (Å²) < 4.78 is 26.1. The zero-order valence-electron chi connectivity index (χ0n) is 16.8. The van der Waals surface area contributed by atoms with E-state index in [1.807, 2.05) is 6.07 Å². The highest BCUT2D eigenvalue weighted by atomic mass is 79.9. The van der Waals surface area contributed by atoms with Crippen LogP contribution in [0.3, 0.4) is 0 Å². The predicted octanol–water partition coefficient (Wildman–Crippen LogP) is 5.44. The first-order chi connectivity index (χ1) is 15.0. The maximum Gasteiger partial charge on any atom is 0.282 e. The molecule has 0 spiro atoms. The van der Waals surface area contributed by atoms with Gasteiger partial charge in [-0.25, -0.2) is 9.38 Å². The maximum atomic E-state index is 14.6. The fourth-order valence-corrected chi connectivity index (χ4v) is 3.67. The van der Waals surface area contributed by atoms with Crippen LogP contribution in [0.15, 0.2) is 81.9 Å². The fourth-order valence-electron chi connectivity index (χ4n) is 3.28. The molecule has 156 valence electrons. The number of amides is 1. The number of benzene rings is 3. The van der Waals surface area contributed by atoms with E-state index in [1.165, 1.54) is 18.1 Å². The molecule has 0 N–H and O–H groups in total. The number of aliphatic imine (C=N–C) groups is 1. The van der Waals surface area contributed by atoms with Crippen molar-refractivity contribution in [3.05, 3.63) is 93.8 Å². The van der Waals surface area contributed by atoms with Gasteiger partial charge in [0.1, 0.15) is 23.0 Å². The van der Waals surface area contributed by atoms with Gasteiger partial charge in [-0.1, -0.05) is 34.1 Å². The third-order valence-electron chi connectivity index (χ3n) is 4.77. The molecule has 7 heteroatoms. The van der Waals surface area contributed by atoms with Crippen LogP contribution < -0.4 is 14.4 Å². The van der Waals surface area contributed by atoms with Gasteiger partial charge in [-0.3, -0.25) is 9.69 Å². The molecule has 0 aliphatic carbocycles. The molecule has 3 aromatic carbocycles. The summed E-state index contributed by atoms with van der Waals surface area (Å²) in [5.74, 6) is 0.553. The molecule has 0 saturated heterocycles. The molecule has 31 heavy (non-hydrogen) atoms. The molecule has 1 heterocycles. The predicted molar refractivity (Wildman–Crippen MR) is 122 cm³/mol. The van der Waals surface area contributed by atoms with E-state index >= 15 is 0 Å². The summed E-state index contributed by atoms with van der Waals surface area (Å²) in [5, 5.41) is 0. The van der Waals surface area contributed by atoms with Gasteiger partial charge in [0, 0.05) is 16.1 Å². The van der Waals surface area contributed by atoms with Gasteiger partial charge in [-0.2, -0.15) is 0 Å². The molecule has 1 amide bonds. The molecule has 1 aliphatic heterocycles. The monoisotopic (exact) mass is 480 g/mol. The summed E-state index contributed by atoms with van der Waals surface area (Å²) in [6, 6.07) is 18.7. The number of hydrogen-bond acceptors (Lipinski definition) is 4. The van der Waals surface area contributed by atoms with E-state index in [1.54, 1.807) is 67.8 Å². The van der Waals surface area contributed by atoms with Crippen molar-refractivity contribution in [3.8, 4) is 11.5 Å². The quantitative estimate of drug-likeness (QED) is 0.456. The minimum absolute atomic E-state index is 0.168. The van der Waals surface area contributed by atoms with Crippen LogP contribution in [0.25, 0.3) is 6.08 Å². The zero-order valence-corrected chi connectivity index (χ0v) is 18.4. The minimum atomic E-state index is -0.461. The van der Waals surface area contributed by atoms with Gasteiger partial charge in [0.15, 0.2) is 5.84 Å². The van der Waals surface area contributed by atoms with E-state index in [0.717, 1.165) is 4.47 Å². The summed E-state index contributed by atoms with van der Waals surface area (Å²) >= 11 is 3.43. The molecule has 0 aromatic heterocycles. The van der Waals surface area contributed by atoms with Crippen LogP contribution in [0, 0.1) is 5.82 Å². The SMILES string of the molecule is COc1ccc(/C=C2/N=C(c3ccccc3F)N(c3cccc(Br)c3)C2=O)c(OC)c1. The Balaban J connectivity index is 1.86. The second kappa shape index (κ2) is 8.73. The lowest BCUT2D eigenvalue weighted by molar-refractivity contribution is -0.113. The van der Waals surface area contributed by atoms with Gasteiger partial charge in [-0.15, -0.1) is 0 Å². The molecule has 0 unspecified atom stereocenters. The average Bonchev–Trinajstić information content (AvgIpc) is 3.10. The Labute approximate surface area is 187 Å². The Kier molecular flexibility index (Phi) is 5.86. The van der Waals surface area contributed by atoms with Crippen molar-refractivity contribution in [2.75, 3.05) is 19.1 Å². The van der Waals surface area contributed by atoms with Gasteiger partial charge in [-0.05, 0) is 48.5 Å².